The summed E-state index contributed by atoms with van der Waals surface area (Å²) in [5.74, 6) is -0.840. The van der Waals surface area contributed by atoms with E-state index in [-0.39, 0.29) is 13.0 Å². The highest BCUT2D eigenvalue weighted by Crippen LogP contribution is 2.40. The second-order valence-corrected chi connectivity index (χ2v) is 9.14. The SMILES string of the molecule is CC1(C)O[C@H]2O[C@H]([C@H](O)CC(N)[C@@H]3OC[C@@H](O)[C@H](O)[C@H]3O)[C@H](OCc3ccccc3)[C@H]2O1. The van der Waals surface area contributed by atoms with Crippen molar-refractivity contribution in [3.8, 4) is 0 Å². The molecule has 10 nitrogen and oxygen atoms in total. The zero-order chi connectivity index (χ0) is 23.0. The highest BCUT2D eigenvalue weighted by atomic mass is 16.8. The van der Waals surface area contributed by atoms with E-state index in [0.29, 0.717) is 6.61 Å². The lowest BCUT2D eigenvalue weighted by atomic mass is 9.90. The largest absolute Gasteiger partial charge is 0.390 e. The normalized spacial score (nSPS) is 40.7. The maximum Gasteiger partial charge on any atom is 0.190 e. The molecule has 6 N–H and O–H groups in total. The fraction of sp³-hybridized carbons (Fsp3) is 0.727. The van der Waals surface area contributed by atoms with Gasteiger partial charge in [-0.3, -0.25) is 0 Å². The van der Waals surface area contributed by atoms with E-state index in [9.17, 15) is 20.4 Å². The van der Waals surface area contributed by atoms with Crippen molar-refractivity contribution in [2.45, 2.75) is 93.8 Å². The molecule has 10 atom stereocenters. The van der Waals surface area contributed by atoms with Gasteiger partial charge in [-0.1, -0.05) is 30.3 Å². The van der Waals surface area contributed by atoms with E-state index < -0.39 is 67.0 Å². The first-order valence-electron chi connectivity index (χ1n) is 10.9. The second kappa shape index (κ2) is 9.59. The summed E-state index contributed by atoms with van der Waals surface area (Å²) in [6.07, 6.45) is -8.58. The lowest BCUT2D eigenvalue weighted by Gasteiger charge is -2.39. The minimum Gasteiger partial charge on any atom is -0.390 e. The number of hydrogen-bond acceptors (Lipinski definition) is 10. The first-order chi connectivity index (χ1) is 15.2. The third kappa shape index (κ3) is 5.00. The summed E-state index contributed by atoms with van der Waals surface area (Å²) in [6.45, 7) is 3.71. The molecular formula is C22H33NO9. The molecule has 3 aliphatic heterocycles. The maximum absolute atomic E-state index is 11.0. The Morgan fingerprint density at radius 1 is 1.09 bits per heavy atom. The molecule has 3 saturated heterocycles. The van der Waals surface area contributed by atoms with E-state index in [1.807, 2.05) is 30.3 Å². The number of ether oxygens (including phenoxy) is 5. The summed E-state index contributed by atoms with van der Waals surface area (Å²) in [5.41, 5.74) is 7.15. The van der Waals surface area contributed by atoms with Gasteiger partial charge in [0, 0.05) is 6.04 Å². The van der Waals surface area contributed by atoms with Crippen LogP contribution in [0.5, 0.6) is 0 Å². The van der Waals surface area contributed by atoms with Crippen LogP contribution in [0.3, 0.4) is 0 Å². The molecule has 3 aliphatic rings. The minimum atomic E-state index is -1.37. The molecule has 0 saturated carbocycles. The predicted octanol–water partition coefficient (Wildman–Crippen LogP) is -0.992. The molecular weight excluding hydrogens is 422 g/mol. The van der Waals surface area contributed by atoms with Crippen LogP contribution in [0.4, 0.5) is 0 Å². The molecule has 10 heteroatoms. The van der Waals surface area contributed by atoms with Gasteiger partial charge in [0.2, 0.25) is 0 Å². The molecule has 0 spiro atoms. The van der Waals surface area contributed by atoms with E-state index in [2.05, 4.69) is 0 Å². The van der Waals surface area contributed by atoms with Crippen LogP contribution in [0.1, 0.15) is 25.8 Å². The standard InChI is InChI=1S/C22H33NO9/c1-22(2)31-20-19(28-9-11-6-4-3-5-7-11)18(30-21(20)32-22)13(24)8-12(23)17-16(27)15(26)14(25)10-29-17/h3-7,12-21,24-27H,8-10,23H2,1-2H3/t12?,13-,14-,15+,16-,17+,18-,19+,20-,21-/m1/s1. The third-order valence-electron chi connectivity index (χ3n) is 6.17. The van der Waals surface area contributed by atoms with Gasteiger partial charge in [0.15, 0.2) is 12.1 Å². The van der Waals surface area contributed by atoms with Crippen molar-refractivity contribution >= 4 is 0 Å². The first kappa shape index (κ1) is 24.0. The van der Waals surface area contributed by atoms with Crippen molar-refractivity contribution in [1.29, 1.82) is 0 Å². The summed E-state index contributed by atoms with van der Waals surface area (Å²) in [7, 11) is 0. The van der Waals surface area contributed by atoms with Gasteiger partial charge in [-0.05, 0) is 25.8 Å². The highest BCUT2D eigenvalue weighted by molar-refractivity contribution is 5.13. The molecule has 0 amide bonds. The molecule has 0 aliphatic carbocycles. The minimum absolute atomic E-state index is 0.00321. The van der Waals surface area contributed by atoms with Gasteiger partial charge in [-0.15, -0.1) is 0 Å². The maximum atomic E-state index is 11.0. The van der Waals surface area contributed by atoms with Crippen molar-refractivity contribution in [2.24, 2.45) is 5.73 Å². The van der Waals surface area contributed by atoms with E-state index in [4.69, 9.17) is 29.4 Å². The van der Waals surface area contributed by atoms with E-state index in [1.54, 1.807) is 13.8 Å². The summed E-state index contributed by atoms with van der Waals surface area (Å²) >= 11 is 0. The van der Waals surface area contributed by atoms with Crippen LogP contribution in [0, 0.1) is 0 Å². The Balaban J connectivity index is 1.43. The number of benzene rings is 1. The van der Waals surface area contributed by atoms with Crippen molar-refractivity contribution in [2.75, 3.05) is 6.61 Å². The number of nitrogens with two attached hydrogens (primary N) is 1. The third-order valence-corrected chi connectivity index (χ3v) is 6.17. The monoisotopic (exact) mass is 455 g/mol. The number of fused-ring (bicyclic) bond motifs is 1. The molecule has 1 aromatic rings. The molecule has 180 valence electrons. The predicted molar refractivity (Wildman–Crippen MR) is 110 cm³/mol. The zero-order valence-electron chi connectivity index (χ0n) is 18.2. The molecule has 3 fully saturated rings. The summed E-state index contributed by atoms with van der Waals surface area (Å²) in [5, 5.41) is 40.7. The van der Waals surface area contributed by atoms with Gasteiger partial charge in [0.25, 0.3) is 0 Å². The molecule has 0 radical (unpaired) electrons. The average Bonchev–Trinajstić information content (AvgIpc) is 3.23. The Kier molecular flexibility index (Phi) is 7.18. The van der Waals surface area contributed by atoms with Gasteiger partial charge in [0.05, 0.1) is 19.3 Å². The molecule has 4 rings (SSSR count). The molecule has 3 heterocycles. The van der Waals surface area contributed by atoms with Crippen molar-refractivity contribution < 1.29 is 44.1 Å². The summed E-state index contributed by atoms with van der Waals surface area (Å²) in [4.78, 5) is 0. The number of aliphatic hydroxyl groups excluding tert-OH is 4. The smallest absolute Gasteiger partial charge is 0.190 e. The Morgan fingerprint density at radius 2 is 1.81 bits per heavy atom. The van der Waals surface area contributed by atoms with Crippen LogP contribution in [-0.4, -0.2) is 94.0 Å². The Bertz CT molecular complexity index is 750. The highest BCUT2D eigenvalue weighted by Gasteiger charge is 2.57. The van der Waals surface area contributed by atoms with Gasteiger partial charge in [-0.25, -0.2) is 0 Å². The molecule has 32 heavy (non-hydrogen) atoms. The zero-order valence-corrected chi connectivity index (χ0v) is 18.2. The van der Waals surface area contributed by atoms with Crippen LogP contribution < -0.4 is 5.73 Å². The fourth-order valence-electron chi connectivity index (χ4n) is 4.52. The van der Waals surface area contributed by atoms with Crippen LogP contribution in [-0.2, 0) is 30.3 Å². The van der Waals surface area contributed by atoms with Crippen LogP contribution in [0.25, 0.3) is 0 Å². The molecule has 1 unspecified atom stereocenters. The summed E-state index contributed by atoms with van der Waals surface area (Å²) < 4.78 is 29.3. The lowest BCUT2D eigenvalue weighted by Crippen LogP contribution is -2.59. The van der Waals surface area contributed by atoms with Crippen molar-refractivity contribution in [3.05, 3.63) is 35.9 Å². The van der Waals surface area contributed by atoms with E-state index in [0.717, 1.165) is 5.56 Å². The second-order valence-electron chi connectivity index (χ2n) is 9.14. The Morgan fingerprint density at radius 3 is 2.53 bits per heavy atom. The molecule has 0 bridgehead atoms. The topological polar surface area (TPSA) is 153 Å². The molecule has 0 aromatic heterocycles. The van der Waals surface area contributed by atoms with Crippen LogP contribution in [0.15, 0.2) is 30.3 Å². The quantitative estimate of drug-likeness (QED) is 0.346. The van der Waals surface area contributed by atoms with Crippen LogP contribution in [0.2, 0.25) is 0 Å². The Labute approximate surface area is 186 Å². The Hall–Kier alpha value is -1.18. The van der Waals surface area contributed by atoms with Crippen molar-refractivity contribution in [3.63, 3.8) is 0 Å². The van der Waals surface area contributed by atoms with E-state index >= 15 is 0 Å². The van der Waals surface area contributed by atoms with Crippen molar-refractivity contribution in [1.82, 2.24) is 0 Å². The summed E-state index contributed by atoms with van der Waals surface area (Å²) in [6, 6.07) is 8.80. The van der Waals surface area contributed by atoms with Gasteiger partial charge in [-0.2, -0.15) is 0 Å². The first-order valence-corrected chi connectivity index (χ1v) is 10.9. The van der Waals surface area contributed by atoms with Gasteiger partial charge in [0.1, 0.15) is 42.7 Å². The van der Waals surface area contributed by atoms with Gasteiger partial charge >= 0.3 is 0 Å². The van der Waals surface area contributed by atoms with E-state index in [1.165, 1.54) is 0 Å². The molecule has 1 aromatic carbocycles. The van der Waals surface area contributed by atoms with Crippen LogP contribution >= 0.6 is 0 Å². The lowest BCUT2D eigenvalue weighted by molar-refractivity contribution is -0.232. The number of hydrogen-bond donors (Lipinski definition) is 5. The number of rotatable bonds is 7. The fourth-order valence-corrected chi connectivity index (χ4v) is 4.52. The number of aliphatic hydroxyl groups is 4. The van der Waals surface area contributed by atoms with Gasteiger partial charge < -0.3 is 49.8 Å². The average molecular weight is 456 g/mol.